The summed E-state index contributed by atoms with van der Waals surface area (Å²) in [5, 5.41) is 17.6. The minimum Gasteiger partial charge on any atom is -0.396 e. The maximum absolute atomic E-state index is 12.6. The summed E-state index contributed by atoms with van der Waals surface area (Å²) in [6.45, 7) is 1.89. The van der Waals surface area contributed by atoms with E-state index < -0.39 is 11.7 Å². The van der Waals surface area contributed by atoms with Gasteiger partial charge in [-0.25, -0.2) is 0 Å². The number of benzene rings is 1. The molecule has 0 amide bonds. The van der Waals surface area contributed by atoms with Crippen molar-refractivity contribution in [2.24, 2.45) is 0 Å². The molecule has 0 saturated carbocycles. The highest BCUT2D eigenvalue weighted by atomic mass is 32.2. The van der Waals surface area contributed by atoms with Crippen LogP contribution in [0.4, 0.5) is 13.2 Å². The quantitative estimate of drug-likeness (QED) is 0.856. The van der Waals surface area contributed by atoms with Crippen molar-refractivity contribution in [2.45, 2.75) is 29.7 Å². The van der Waals surface area contributed by atoms with Crippen molar-refractivity contribution in [3.05, 3.63) is 29.3 Å². The zero-order chi connectivity index (χ0) is 13.8. The van der Waals surface area contributed by atoms with Crippen molar-refractivity contribution >= 4 is 11.8 Å². The molecular weight excluding hydrogens is 263 g/mol. The van der Waals surface area contributed by atoms with E-state index in [0.717, 1.165) is 6.07 Å². The molecule has 0 bridgehead atoms. The highest BCUT2D eigenvalue weighted by Gasteiger charge is 2.33. The van der Waals surface area contributed by atoms with Crippen LogP contribution in [0.5, 0.6) is 0 Å². The van der Waals surface area contributed by atoms with Crippen molar-refractivity contribution in [3.8, 4) is 6.07 Å². The van der Waals surface area contributed by atoms with Crippen molar-refractivity contribution in [2.75, 3.05) is 6.61 Å². The number of halogens is 3. The topological polar surface area (TPSA) is 44.0 Å². The van der Waals surface area contributed by atoms with Crippen LogP contribution >= 0.6 is 11.8 Å². The second-order valence-corrected chi connectivity index (χ2v) is 5.27. The molecule has 1 rings (SSSR count). The number of aliphatic hydroxyl groups is 1. The second-order valence-electron chi connectivity index (χ2n) is 3.76. The lowest BCUT2D eigenvalue weighted by Gasteiger charge is -2.12. The molecule has 0 aliphatic heterocycles. The predicted octanol–water partition coefficient (Wildman–Crippen LogP) is 3.44. The Hall–Kier alpha value is -1.19. The average molecular weight is 275 g/mol. The fourth-order valence-electron chi connectivity index (χ4n) is 1.41. The molecule has 6 heteroatoms. The molecule has 1 N–H and O–H groups in total. The minimum absolute atomic E-state index is 0.0277. The Morgan fingerprint density at radius 1 is 1.44 bits per heavy atom. The van der Waals surface area contributed by atoms with Gasteiger partial charge in [-0.1, -0.05) is 6.92 Å². The van der Waals surface area contributed by atoms with Crippen LogP contribution in [0.3, 0.4) is 0 Å². The van der Waals surface area contributed by atoms with E-state index in [9.17, 15) is 13.2 Å². The minimum atomic E-state index is -4.51. The standard InChI is InChI=1S/C12H12F3NOS/c1-8(4-5-17)18-10-2-3-11(12(13,14)15)9(6-10)7-16/h2-3,6,8,17H,4-5H2,1H3. The maximum Gasteiger partial charge on any atom is 0.417 e. The van der Waals surface area contributed by atoms with Crippen LogP contribution < -0.4 is 0 Å². The van der Waals surface area contributed by atoms with Crippen LogP contribution in [0.25, 0.3) is 0 Å². The molecule has 2 nitrogen and oxygen atoms in total. The molecule has 0 aliphatic carbocycles. The lowest BCUT2D eigenvalue weighted by molar-refractivity contribution is -0.137. The largest absolute Gasteiger partial charge is 0.417 e. The van der Waals surface area contributed by atoms with E-state index in [-0.39, 0.29) is 17.4 Å². The summed E-state index contributed by atoms with van der Waals surface area (Å²) in [6, 6.07) is 5.08. The van der Waals surface area contributed by atoms with Crippen molar-refractivity contribution in [1.29, 1.82) is 5.26 Å². The molecule has 1 unspecified atom stereocenters. The fourth-order valence-corrected chi connectivity index (χ4v) is 2.43. The second kappa shape index (κ2) is 6.12. The first-order valence-corrected chi connectivity index (χ1v) is 6.15. The van der Waals surface area contributed by atoms with Gasteiger partial charge in [-0.3, -0.25) is 0 Å². The Labute approximate surface area is 107 Å². The Balaban J connectivity index is 2.97. The number of rotatable bonds is 4. The van der Waals surface area contributed by atoms with Crippen LogP contribution in [-0.2, 0) is 6.18 Å². The van der Waals surface area contributed by atoms with E-state index in [1.54, 1.807) is 6.07 Å². The zero-order valence-corrected chi connectivity index (χ0v) is 10.5. The molecule has 18 heavy (non-hydrogen) atoms. The maximum atomic E-state index is 12.6. The number of nitriles is 1. The summed E-state index contributed by atoms with van der Waals surface area (Å²) < 4.78 is 37.7. The lowest BCUT2D eigenvalue weighted by atomic mass is 10.1. The van der Waals surface area contributed by atoms with Gasteiger partial charge in [0.05, 0.1) is 17.2 Å². The summed E-state index contributed by atoms with van der Waals surface area (Å²) in [4.78, 5) is 0.598. The average Bonchev–Trinajstić information content (AvgIpc) is 2.27. The summed E-state index contributed by atoms with van der Waals surface area (Å²) in [6.07, 6.45) is -3.96. The van der Waals surface area contributed by atoms with Gasteiger partial charge in [0.2, 0.25) is 0 Å². The monoisotopic (exact) mass is 275 g/mol. The third-order valence-corrected chi connectivity index (χ3v) is 3.45. The smallest absolute Gasteiger partial charge is 0.396 e. The van der Waals surface area contributed by atoms with Gasteiger partial charge in [0.1, 0.15) is 0 Å². The number of thioether (sulfide) groups is 1. The molecule has 0 spiro atoms. The van der Waals surface area contributed by atoms with E-state index in [1.165, 1.54) is 23.9 Å². The summed E-state index contributed by atoms with van der Waals surface area (Å²) >= 11 is 1.34. The number of hydrogen-bond donors (Lipinski definition) is 1. The van der Waals surface area contributed by atoms with E-state index >= 15 is 0 Å². The number of nitrogens with zero attached hydrogens (tertiary/aromatic N) is 1. The van der Waals surface area contributed by atoms with E-state index in [1.807, 2.05) is 6.92 Å². The molecule has 0 aliphatic rings. The Morgan fingerprint density at radius 2 is 2.11 bits per heavy atom. The van der Waals surface area contributed by atoms with Gasteiger partial charge in [-0.2, -0.15) is 18.4 Å². The van der Waals surface area contributed by atoms with Crippen molar-refractivity contribution < 1.29 is 18.3 Å². The van der Waals surface area contributed by atoms with Crippen molar-refractivity contribution in [1.82, 2.24) is 0 Å². The Morgan fingerprint density at radius 3 is 2.61 bits per heavy atom. The first kappa shape index (κ1) is 14.9. The van der Waals surface area contributed by atoms with E-state index in [4.69, 9.17) is 10.4 Å². The van der Waals surface area contributed by atoms with Crippen LogP contribution in [0.15, 0.2) is 23.1 Å². The Kier molecular flexibility index (Phi) is 5.05. The number of alkyl halides is 3. The van der Waals surface area contributed by atoms with Gasteiger partial charge >= 0.3 is 6.18 Å². The zero-order valence-electron chi connectivity index (χ0n) is 9.66. The molecule has 0 heterocycles. The molecule has 0 saturated heterocycles. The SMILES string of the molecule is CC(CCO)Sc1ccc(C(F)(F)F)c(C#N)c1. The van der Waals surface area contributed by atoms with Gasteiger partial charge in [0, 0.05) is 16.8 Å². The number of hydrogen-bond acceptors (Lipinski definition) is 3. The predicted molar refractivity (Wildman–Crippen MR) is 63.2 cm³/mol. The van der Waals surface area contributed by atoms with Gasteiger partial charge in [-0.15, -0.1) is 11.8 Å². The normalized spacial score (nSPS) is 13.1. The van der Waals surface area contributed by atoms with Crippen LogP contribution in [0, 0.1) is 11.3 Å². The van der Waals surface area contributed by atoms with Crippen LogP contribution in [0.2, 0.25) is 0 Å². The number of aliphatic hydroxyl groups excluding tert-OH is 1. The Bertz CT molecular complexity index is 454. The van der Waals surface area contributed by atoms with Crippen LogP contribution in [0.1, 0.15) is 24.5 Å². The molecule has 1 aromatic rings. The third-order valence-electron chi connectivity index (χ3n) is 2.29. The first-order valence-electron chi connectivity index (χ1n) is 5.27. The van der Waals surface area contributed by atoms with Gasteiger partial charge in [-0.05, 0) is 24.6 Å². The van der Waals surface area contributed by atoms with E-state index in [2.05, 4.69) is 0 Å². The van der Waals surface area contributed by atoms with E-state index in [0.29, 0.717) is 11.3 Å². The third kappa shape index (κ3) is 3.93. The van der Waals surface area contributed by atoms with Crippen molar-refractivity contribution in [3.63, 3.8) is 0 Å². The lowest BCUT2D eigenvalue weighted by Crippen LogP contribution is -2.08. The molecule has 0 fully saturated rings. The fraction of sp³-hybridized carbons (Fsp3) is 0.417. The highest BCUT2D eigenvalue weighted by Crippen LogP contribution is 2.34. The molecule has 98 valence electrons. The molecular formula is C12H12F3NOS. The summed E-state index contributed by atoms with van der Waals surface area (Å²) in [5.41, 5.74) is -1.28. The van der Waals surface area contributed by atoms with Gasteiger partial charge in [0.15, 0.2) is 0 Å². The summed E-state index contributed by atoms with van der Waals surface area (Å²) in [5.74, 6) is 0. The highest BCUT2D eigenvalue weighted by molar-refractivity contribution is 7.99. The first-order chi connectivity index (χ1) is 8.38. The molecule has 1 atom stereocenters. The van der Waals surface area contributed by atoms with Gasteiger partial charge in [0.25, 0.3) is 0 Å². The molecule has 1 aromatic carbocycles. The molecule has 0 radical (unpaired) electrons. The van der Waals surface area contributed by atoms with Crippen LogP contribution in [-0.4, -0.2) is 17.0 Å². The summed E-state index contributed by atoms with van der Waals surface area (Å²) in [7, 11) is 0. The van der Waals surface area contributed by atoms with Gasteiger partial charge < -0.3 is 5.11 Å². The molecule has 0 aromatic heterocycles.